The Labute approximate surface area is 125 Å². The van der Waals surface area contributed by atoms with Crippen LogP contribution in [0.1, 0.15) is 30.9 Å². The number of rotatable bonds is 6. The molecule has 0 aliphatic carbocycles. The molecule has 0 amide bonds. The number of nitrogens with one attached hydrogen (secondary N) is 1. The van der Waals surface area contributed by atoms with Gasteiger partial charge in [0.05, 0.1) is 6.61 Å². The number of benzene rings is 1. The molecule has 112 valence electrons. The molecular formula is C16H22N4O. The minimum Gasteiger partial charge on any atom is -0.494 e. The van der Waals surface area contributed by atoms with Gasteiger partial charge in [0.1, 0.15) is 17.4 Å². The van der Waals surface area contributed by atoms with E-state index in [1.807, 2.05) is 38.1 Å². The molecular weight excluding hydrogens is 264 g/mol. The molecule has 0 aliphatic heterocycles. The van der Waals surface area contributed by atoms with Crippen LogP contribution in [-0.2, 0) is 13.0 Å². The van der Waals surface area contributed by atoms with Crippen LogP contribution in [0.5, 0.6) is 5.75 Å². The predicted molar refractivity (Wildman–Crippen MR) is 84.9 cm³/mol. The van der Waals surface area contributed by atoms with Gasteiger partial charge < -0.3 is 15.8 Å². The Morgan fingerprint density at radius 2 is 2.00 bits per heavy atom. The van der Waals surface area contributed by atoms with Crippen LogP contribution < -0.4 is 15.8 Å². The van der Waals surface area contributed by atoms with Gasteiger partial charge >= 0.3 is 0 Å². The topological polar surface area (TPSA) is 73.1 Å². The van der Waals surface area contributed by atoms with Crippen molar-refractivity contribution in [2.75, 3.05) is 11.9 Å². The summed E-state index contributed by atoms with van der Waals surface area (Å²) in [5, 5.41) is 3.30. The molecule has 1 aromatic heterocycles. The summed E-state index contributed by atoms with van der Waals surface area (Å²) in [4.78, 5) is 8.78. The van der Waals surface area contributed by atoms with E-state index in [0.717, 1.165) is 40.8 Å². The maximum absolute atomic E-state index is 5.78. The Morgan fingerprint density at radius 1 is 1.19 bits per heavy atom. The van der Waals surface area contributed by atoms with Gasteiger partial charge in [-0.3, -0.25) is 0 Å². The zero-order valence-corrected chi connectivity index (χ0v) is 12.8. The van der Waals surface area contributed by atoms with Gasteiger partial charge in [-0.2, -0.15) is 0 Å². The van der Waals surface area contributed by atoms with Gasteiger partial charge in [-0.15, -0.1) is 0 Å². The molecule has 0 unspecified atom stereocenters. The molecule has 0 saturated heterocycles. The summed E-state index contributed by atoms with van der Waals surface area (Å²) in [5.41, 5.74) is 8.72. The third-order valence-corrected chi connectivity index (χ3v) is 3.11. The molecule has 5 heteroatoms. The molecule has 5 nitrogen and oxygen atoms in total. The van der Waals surface area contributed by atoms with Crippen molar-refractivity contribution in [3.8, 4) is 5.75 Å². The second-order valence-electron chi connectivity index (χ2n) is 4.73. The third kappa shape index (κ3) is 3.92. The van der Waals surface area contributed by atoms with E-state index in [0.29, 0.717) is 13.2 Å². The van der Waals surface area contributed by atoms with Crippen molar-refractivity contribution in [3.63, 3.8) is 0 Å². The van der Waals surface area contributed by atoms with Crippen molar-refractivity contribution >= 4 is 11.5 Å². The molecule has 3 N–H and O–H groups in total. The number of hydrogen-bond acceptors (Lipinski definition) is 5. The van der Waals surface area contributed by atoms with Crippen molar-refractivity contribution in [3.05, 3.63) is 41.3 Å². The van der Waals surface area contributed by atoms with Crippen LogP contribution in [0, 0.1) is 6.92 Å². The monoisotopic (exact) mass is 286 g/mol. The largest absolute Gasteiger partial charge is 0.494 e. The molecule has 0 spiro atoms. The van der Waals surface area contributed by atoms with Crippen molar-refractivity contribution in [1.29, 1.82) is 0 Å². The van der Waals surface area contributed by atoms with Gasteiger partial charge in [0.2, 0.25) is 0 Å². The summed E-state index contributed by atoms with van der Waals surface area (Å²) >= 11 is 0. The molecule has 1 aromatic carbocycles. The molecule has 0 bridgehead atoms. The number of ether oxygens (including phenoxy) is 1. The lowest BCUT2D eigenvalue weighted by Gasteiger charge is -2.12. The Hall–Kier alpha value is -2.14. The van der Waals surface area contributed by atoms with Gasteiger partial charge in [0, 0.05) is 29.6 Å². The first-order chi connectivity index (χ1) is 10.2. The van der Waals surface area contributed by atoms with E-state index in [1.165, 1.54) is 0 Å². The lowest BCUT2D eigenvalue weighted by molar-refractivity contribution is 0.336. The summed E-state index contributed by atoms with van der Waals surface area (Å²) < 4.78 is 5.56. The van der Waals surface area contributed by atoms with Gasteiger partial charge in [0.25, 0.3) is 0 Å². The maximum atomic E-state index is 5.78. The number of anilines is 2. The third-order valence-electron chi connectivity index (χ3n) is 3.11. The minimum absolute atomic E-state index is 0.438. The highest BCUT2D eigenvalue weighted by Crippen LogP contribution is 2.24. The zero-order chi connectivity index (χ0) is 15.2. The molecule has 21 heavy (non-hydrogen) atoms. The fraction of sp³-hybridized carbons (Fsp3) is 0.375. The quantitative estimate of drug-likeness (QED) is 0.854. The normalized spacial score (nSPS) is 10.5. The van der Waals surface area contributed by atoms with E-state index in [-0.39, 0.29) is 0 Å². The van der Waals surface area contributed by atoms with Crippen molar-refractivity contribution in [2.24, 2.45) is 5.73 Å². The average molecular weight is 286 g/mol. The van der Waals surface area contributed by atoms with Crippen LogP contribution in [0.2, 0.25) is 0 Å². The minimum atomic E-state index is 0.438. The highest BCUT2D eigenvalue weighted by atomic mass is 16.5. The molecule has 0 radical (unpaired) electrons. The Balaban J connectivity index is 2.25. The first-order valence-corrected chi connectivity index (χ1v) is 7.23. The van der Waals surface area contributed by atoms with E-state index in [2.05, 4.69) is 22.2 Å². The summed E-state index contributed by atoms with van der Waals surface area (Å²) in [7, 11) is 0. The van der Waals surface area contributed by atoms with Crippen LogP contribution in [0.25, 0.3) is 0 Å². The Bertz CT molecular complexity index is 613. The highest BCUT2D eigenvalue weighted by Gasteiger charge is 2.06. The smallest absolute Gasteiger partial charge is 0.134 e. The molecule has 1 heterocycles. The highest BCUT2D eigenvalue weighted by molar-refractivity contribution is 5.59. The van der Waals surface area contributed by atoms with Crippen LogP contribution in [-0.4, -0.2) is 16.6 Å². The first-order valence-electron chi connectivity index (χ1n) is 7.23. The Kier molecular flexibility index (Phi) is 5.11. The predicted octanol–water partition coefficient (Wildman–Crippen LogP) is 2.95. The van der Waals surface area contributed by atoms with E-state index in [9.17, 15) is 0 Å². The summed E-state index contributed by atoms with van der Waals surface area (Å²) in [6.07, 6.45) is 0.884. The zero-order valence-electron chi connectivity index (χ0n) is 12.8. The van der Waals surface area contributed by atoms with Gasteiger partial charge in [-0.25, -0.2) is 9.97 Å². The van der Waals surface area contributed by atoms with E-state index < -0.39 is 0 Å². The summed E-state index contributed by atoms with van der Waals surface area (Å²) in [6, 6.07) is 7.86. The fourth-order valence-corrected chi connectivity index (χ4v) is 2.14. The van der Waals surface area contributed by atoms with E-state index in [1.54, 1.807) is 0 Å². The lowest BCUT2D eigenvalue weighted by atomic mass is 10.1. The summed E-state index contributed by atoms with van der Waals surface area (Å²) in [5.74, 6) is 2.40. The van der Waals surface area contributed by atoms with Crippen LogP contribution >= 0.6 is 0 Å². The van der Waals surface area contributed by atoms with Crippen molar-refractivity contribution in [2.45, 2.75) is 33.7 Å². The average Bonchev–Trinajstić information content (AvgIpc) is 2.48. The second kappa shape index (κ2) is 7.04. The molecule has 2 aromatic rings. The molecule has 0 fully saturated rings. The Morgan fingerprint density at radius 3 is 2.67 bits per heavy atom. The molecule has 2 rings (SSSR count). The van der Waals surface area contributed by atoms with Crippen molar-refractivity contribution in [1.82, 2.24) is 9.97 Å². The van der Waals surface area contributed by atoms with E-state index >= 15 is 0 Å². The maximum Gasteiger partial charge on any atom is 0.134 e. The number of aromatic nitrogens is 2. The van der Waals surface area contributed by atoms with Gasteiger partial charge in [0.15, 0.2) is 0 Å². The second-order valence-corrected chi connectivity index (χ2v) is 4.73. The van der Waals surface area contributed by atoms with Crippen LogP contribution in [0.3, 0.4) is 0 Å². The van der Waals surface area contributed by atoms with Gasteiger partial charge in [-0.05, 0) is 38.5 Å². The van der Waals surface area contributed by atoms with Gasteiger partial charge in [-0.1, -0.05) is 6.92 Å². The van der Waals surface area contributed by atoms with Crippen LogP contribution in [0.4, 0.5) is 11.5 Å². The fourth-order valence-electron chi connectivity index (χ4n) is 2.14. The number of hydrogen-bond donors (Lipinski definition) is 2. The molecule has 0 atom stereocenters. The van der Waals surface area contributed by atoms with Crippen molar-refractivity contribution < 1.29 is 4.74 Å². The van der Waals surface area contributed by atoms with Crippen LogP contribution in [0.15, 0.2) is 24.3 Å². The van der Waals surface area contributed by atoms with E-state index in [4.69, 9.17) is 10.5 Å². The standard InChI is InChI=1S/C16H22N4O/c1-4-13-9-16(19-11(3)18-13)20-14-6-7-15(21-5-2)12(8-14)10-17/h6-9H,4-5,10,17H2,1-3H3,(H,18,19,20). The molecule has 0 saturated carbocycles. The number of nitrogens with two attached hydrogens (primary N) is 1. The SMILES string of the molecule is CCOc1ccc(Nc2cc(CC)nc(C)n2)cc1CN. The molecule has 0 aliphatic rings. The summed E-state index contributed by atoms with van der Waals surface area (Å²) in [6.45, 7) is 7.00. The lowest BCUT2D eigenvalue weighted by Crippen LogP contribution is -2.04. The first kappa shape index (κ1) is 15.3. The number of nitrogens with zero attached hydrogens (tertiary/aromatic N) is 2. The number of aryl methyl sites for hydroxylation is 2.